The van der Waals surface area contributed by atoms with Crippen molar-refractivity contribution in [3.63, 3.8) is 0 Å². The van der Waals surface area contributed by atoms with Crippen LogP contribution < -0.4 is 10.6 Å². The van der Waals surface area contributed by atoms with Gasteiger partial charge in [-0.15, -0.1) is 0 Å². The molecular weight excluding hydrogens is 432 g/mol. The van der Waals surface area contributed by atoms with Crippen LogP contribution in [0.4, 0.5) is 4.79 Å². The zero-order chi connectivity index (χ0) is 24.9. The van der Waals surface area contributed by atoms with E-state index in [1.54, 1.807) is 0 Å². The molecule has 34 heavy (non-hydrogen) atoms. The van der Waals surface area contributed by atoms with Crippen molar-refractivity contribution >= 4 is 18.0 Å². The van der Waals surface area contributed by atoms with E-state index in [9.17, 15) is 14.4 Å². The Hall–Kier alpha value is -2.57. The molecule has 2 N–H and O–H groups in total. The number of hydrogen-bond acceptors (Lipinski definition) is 5. The predicted molar refractivity (Wildman–Crippen MR) is 134 cm³/mol. The second-order valence-corrected chi connectivity index (χ2v) is 8.71. The van der Waals surface area contributed by atoms with E-state index >= 15 is 0 Å². The number of amides is 2. The van der Waals surface area contributed by atoms with Crippen LogP contribution in [0.2, 0.25) is 0 Å². The summed E-state index contributed by atoms with van der Waals surface area (Å²) in [5.41, 5.74) is 0.928. The van der Waals surface area contributed by atoms with Crippen LogP contribution >= 0.6 is 0 Å². The second kappa shape index (κ2) is 19.9. The highest BCUT2D eigenvalue weighted by Crippen LogP contribution is 2.11. The van der Waals surface area contributed by atoms with Gasteiger partial charge in [0, 0.05) is 13.0 Å². The first kappa shape index (κ1) is 29.5. The number of rotatable bonds is 19. The van der Waals surface area contributed by atoms with E-state index in [-0.39, 0.29) is 12.5 Å². The lowest BCUT2D eigenvalue weighted by atomic mass is 10.1. The number of nitrogens with one attached hydrogen (secondary N) is 2. The van der Waals surface area contributed by atoms with Gasteiger partial charge in [-0.1, -0.05) is 88.6 Å². The zero-order valence-electron chi connectivity index (χ0n) is 21.1. The van der Waals surface area contributed by atoms with Crippen molar-refractivity contribution < 1.29 is 23.9 Å². The van der Waals surface area contributed by atoms with Gasteiger partial charge in [0.1, 0.15) is 12.6 Å². The van der Waals surface area contributed by atoms with Crippen molar-refractivity contribution in [2.75, 3.05) is 13.7 Å². The number of carbonyl (C=O) groups is 3. The number of methoxy groups -OCH3 is 1. The Labute approximate surface area is 205 Å². The molecule has 0 saturated heterocycles. The summed E-state index contributed by atoms with van der Waals surface area (Å²) in [5, 5.41) is 5.51. The lowest BCUT2D eigenvalue weighted by molar-refractivity contribution is -0.145. The van der Waals surface area contributed by atoms with E-state index < -0.39 is 18.1 Å². The summed E-state index contributed by atoms with van der Waals surface area (Å²) in [7, 11) is 1.33. The molecule has 0 aliphatic carbocycles. The van der Waals surface area contributed by atoms with Crippen molar-refractivity contribution in [1.29, 1.82) is 0 Å². The third-order valence-corrected chi connectivity index (χ3v) is 5.73. The molecule has 0 spiro atoms. The van der Waals surface area contributed by atoms with Gasteiger partial charge in [0.25, 0.3) is 0 Å². The summed E-state index contributed by atoms with van der Waals surface area (Å²) >= 11 is 0. The van der Waals surface area contributed by atoms with Crippen molar-refractivity contribution in [1.82, 2.24) is 10.6 Å². The highest BCUT2D eigenvalue weighted by molar-refractivity contribution is 5.84. The van der Waals surface area contributed by atoms with Crippen LogP contribution in [0.1, 0.15) is 96.0 Å². The van der Waals surface area contributed by atoms with Crippen LogP contribution in [-0.2, 0) is 25.7 Å². The van der Waals surface area contributed by atoms with Crippen LogP contribution in [0.3, 0.4) is 0 Å². The fourth-order valence-corrected chi connectivity index (χ4v) is 3.69. The number of hydrogen-bond donors (Lipinski definition) is 2. The second-order valence-electron chi connectivity index (χ2n) is 8.71. The number of carbonyl (C=O) groups excluding carboxylic acids is 3. The van der Waals surface area contributed by atoms with E-state index in [4.69, 9.17) is 9.47 Å². The molecular formula is C27H44N2O5. The Balaban J connectivity index is 2.13. The van der Waals surface area contributed by atoms with Crippen LogP contribution in [0, 0.1) is 0 Å². The third kappa shape index (κ3) is 15.3. The molecule has 7 heteroatoms. The quantitative estimate of drug-likeness (QED) is 0.198. The van der Waals surface area contributed by atoms with Crippen molar-refractivity contribution in [3.8, 4) is 0 Å². The van der Waals surface area contributed by atoms with Gasteiger partial charge in [-0.25, -0.2) is 9.59 Å². The molecule has 192 valence electrons. The Morgan fingerprint density at radius 3 is 2.15 bits per heavy atom. The molecule has 0 fully saturated rings. The normalized spacial score (nSPS) is 11.5. The van der Waals surface area contributed by atoms with Gasteiger partial charge in [0.15, 0.2) is 0 Å². The maximum Gasteiger partial charge on any atom is 0.407 e. The van der Waals surface area contributed by atoms with Gasteiger partial charge < -0.3 is 20.1 Å². The fourth-order valence-electron chi connectivity index (χ4n) is 3.69. The van der Waals surface area contributed by atoms with E-state index in [2.05, 4.69) is 17.6 Å². The molecule has 2 amide bonds. The molecule has 0 aliphatic heterocycles. The molecule has 1 aromatic carbocycles. The Kier molecular flexibility index (Phi) is 17.2. The van der Waals surface area contributed by atoms with Gasteiger partial charge >= 0.3 is 12.1 Å². The van der Waals surface area contributed by atoms with Crippen molar-refractivity contribution in [2.24, 2.45) is 0 Å². The van der Waals surface area contributed by atoms with E-state index in [1.807, 2.05) is 30.3 Å². The van der Waals surface area contributed by atoms with Gasteiger partial charge in [-0.2, -0.15) is 0 Å². The number of unbranched alkanes of at least 4 members (excludes halogenated alkanes) is 9. The molecule has 1 aromatic rings. The van der Waals surface area contributed by atoms with Crippen molar-refractivity contribution in [3.05, 3.63) is 35.9 Å². The van der Waals surface area contributed by atoms with E-state index in [0.717, 1.165) is 24.8 Å². The summed E-state index contributed by atoms with van der Waals surface area (Å²) in [6, 6.07) is 8.83. The Bertz CT molecular complexity index is 681. The van der Waals surface area contributed by atoms with Crippen LogP contribution in [0.25, 0.3) is 0 Å². The lowest BCUT2D eigenvalue weighted by Gasteiger charge is -2.16. The first-order chi connectivity index (χ1) is 16.6. The highest BCUT2D eigenvalue weighted by atomic mass is 16.5. The largest absolute Gasteiger partial charge is 0.467 e. The molecule has 0 unspecified atom stereocenters. The average Bonchev–Trinajstić information content (AvgIpc) is 2.85. The molecule has 1 rings (SSSR count). The summed E-state index contributed by atoms with van der Waals surface area (Å²) in [6.07, 6.45) is 12.5. The number of esters is 1. The van der Waals surface area contributed by atoms with Crippen LogP contribution in [-0.4, -0.2) is 37.7 Å². The highest BCUT2D eigenvalue weighted by Gasteiger charge is 2.20. The molecule has 7 nitrogen and oxygen atoms in total. The van der Waals surface area contributed by atoms with Gasteiger partial charge in [-0.05, 0) is 31.2 Å². The van der Waals surface area contributed by atoms with E-state index in [1.165, 1.54) is 45.6 Å². The molecule has 1 atom stereocenters. The van der Waals surface area contributed by atoms with Crippen LogP contribution in [0.15, 0.2) is 30.3 Å². The van der Waals surface area contributed by atoms with Crippen molar-refractivity contribution in [2.45, 2.75) is 103 Å². The minimum Gasteiger partial charge on any atom is -0.467 e. The average molecular weight is 477 g/mol. The maximum atomic E-state index is 12.3. The number of benzene rings is 1. The lowest BCUT2D eigenvalue weighted by Crippen LogP contribution is -2.41. The summed E-state index contributed by atoms with van der Waals surface area (Å²) in [4.78, 5) is 36.1. The standard InChI is InChI=1S/C27H44N2O5/c1-3-4-5-6-7-8-9-10-14-20-25(30)29-24(26(31)33-2)19-15-16-21-28-27(32)34-22-23-17-12-11-13-18-23/h11-13,17-18,24H,3-10,14-16,19-22H2,1-2H3,(H,28,32)(H,29,30)/t24-/m0/s1. The first-order valence-electron chi connectivity index (χ1n) is 12.9. The van der Waals surface area contributed by atoms with Crippen LogP contribution in [0.5, 0.6) is 0 Å². The topological polar surface area (TPSA) is 93.7 Å². The molecule has 0 radical (unpaired) electrons. The number of ether oxygens (including phenoxy) is 2. The minimum atomic E-state index is -0.652. The smallest absolute Gasteiger partial charge is 0.407 e. The molecule has 0 saturated carbocycles. The SMILES string of the molecule is CCCCCCCCCCCC(=O)N[C@@H](CCCCNC(=O)OCc1ccccc1)C(=O)OC. The van der Waals surface area contributed by atoms with Gasteiger partial charge in [0.2, 0.25) is 5.91 Å². The molecule has 0 aromatic heterocycles. The van der Waals surface area contributed by atoms with Gasteiger partial charge in [-0.3, -0.25) is 4.79 Å². The molecule has 0 aliphatic rings. The minimum absolute atomic E-state index is 0.110. The molecule has 0 bridgehead atoms. The Morgan fingerprint density at radius 2 is 1.50 bits per heavy atom. The molecule has 0 heterocycles. The Morgan fingerprint density at radius 1 is 0.853 bits per heavy atom. The number of alkyl carbamates (subject to hydrolysis) is 1. The zero-order valence-corrected chi connectivity index (χ0v) is 21.1. The maximum absolute atomic E-state index is 12.3. The third-order valence-electron chi connectivity index (χ3n) is 5.73. The summed E-state index contributed by atoms with van der Waals surface area (Å²) in [6.45, 7) is 2.88. The monoisotopic (exact) mass is 476 g/mol. The first-order valence-corrected chi connectivity index (χ1v) is 12.9. The summed E-state index contributed by atoms with van der Waals surface area (Å²) < 4.78 is 10.0. The van der Waals surface area contributed by atoms with Gasteiger partial charge in [0.05, 0.1) is 7.11 Å². The fraction of sp³-hybridized carbons (Fsp3) is 0.667. The summed E-state index contributed by atoms with van der Waals surface area (Å²) in [5.74, 6) is -0.545. The predicted octanol–water partition coefficient (Wildman–Crippen LogP) is 5.66. The van der Waals surface area contributed by atoms with E-state index in [0.29, 0.717) is 32.2 Å².